The van der Waals surface area contributed by atoms with Crippen LogP contribution in [0.2, 0.25) is 0 Å². The van der Waals surface area contributed by atoms with Gasteiger partial charge in [0.05, 0.1) is 12.2 Å². The molecule has 2 unspecified atom stereocenters. The summed E-state index contributed by atoms with van der Waals surface area (Å²) >= 11 is 0. The molecule has 0 aromatic carbocycles. The van der Waals surface area contributed by atoms with Crippen LogP contribution in [0.3, 0.4) is 0 Å². The summed E-state index contributed by atoms with van der Waals surface area (Å²) in [5.74, 6) is 0. The molecule has 1 aliphatic rings. The fraction of sp³-hybridized carbons (Fsp3) is 1.00. The normalized spacial score (nSPS) is 38.1. The Morgan fingerprint density at radius 3 is 2.50 bits per heavy atom. The SMILES string of the molecule is CCCC1(CC)OC1CO. The average Bonchev–Trinajstić information content (AvgIpc) is 2.65. The quantitative estimate of drug-likeness (QED) is 0.604. The molecule has 10 heavy (non-hydrogen) atoms. The first-order valence-corrected chi connectivity index (χ1v) is 4.07. The molecular formula is C8H16O2. The molecule has 1 saturated heterocycles. The molecule has 1 heterocycles. The van der Waals surface area contributed by atoms with Crippen molar-refractivity contribution in [1.29, 1.82) is 0 Å². The monoisotopic (exact) mass is 144 g/mol. The Balaban J connectivity index is 2.34. The van der Waals surface area contributed by atoms with Gasteiger partial charge in [0.25, 0.3) is 0 Å². The highest BCUT2D eigenvalue weighted by Crippen LogP contribution is 2.42. The number of aliphatic hydroxyl groups is 1. The Hall–Kier alpha value is -0.0800. The van der Waals surface area contributed by atoms with Gasteiger partial charge in [0, 0.05) is 0 Å². The van der Waals surface area contributed by atoms with E-state index in [4.69, 9.17) is 9.84 Å². The van der Waals surface area contributed by atoms with Crippen molar-refractivity contribution in [3.63, 3.8) is 0 Å². The number of rotatable bonds is 4. The topological polar surface area (TPSA) is 32.8 Å². The van der Waals surface area contributed by atoms with Crippen LogP contribution in [0, 0.1) is 0 Å². The van der Waals surface area contributed by atoms with E-state index < -0.39 is 0 Å². The lowest BCUT2D eigenvalue weighted by Gasteiger charge is -2.06. The van der Waals surface area contributed by atoms with Gasteiger partial charge < -0.3 is 9.84 Å². The Bertz CT molecular complexity index is 114. The van der Waals surface area contributed by atoms with E-state index in [1.54, 1.807) is 0 Å². The number of hydrogen-bond acceptors (Lipinski definition) is 2. The number of epoxide rings is 1. The lowest BCUT2D eigenvalue weighted by atomic mass is 9.97. The molecule has 0 aromatic heterocycles. The van der Waals surface area contributed by atoms with E-state index in [1.807, 2.05) is 0 Å². The Labute approximate surface area is 62.2 Å². The van der Waals surface area contributed by atoms with Gasteiger partial charge in [-0.05, 0) is 12.8 Å². The van der Waals surface area contributed by atoms with Crippen molar-refractivity contribution in [3.8, 4) is 0 Å². The third-order valence-corrected chi connectivity index (χ3v) is 2.34. The molecular weight excluding hydrogens is 128 g/mol. The minimum Gasteiger partial charge on any atom is -0.394 e. The highest BCUT2D eigenvalue weighted by molar-refractivity contribution is 5.00. The third-order valence-electron chi connectivity index (χ3n) is 2.34. The largest absolute Gasteiger partial charge is 0.394 e. The number of aliphatic hydroxyl groups excluding tert-OH is 1. The molecule has 2 nitrogen and oxygen atoms in total. The summed E-state index contributed by atoms with van der Waals surface area (Å²) in [6.07, 6.45) is 3.41. The van der Waals surface area contributed by atoms with Gasteiger partial charge in [-0.25, -0.2) is 0 Å². The first kappa shape index (κ1) is 8.02. The van der Waals surface area contributed by atoms with Gasteiger partial charge in [0.1, 0.15) is 6.10 Å². The zero-order valence-corrected chi connectivity index (χ0v) is 6.76. The molecule has 1 fully saturated rings. The van der Waals surface area contributed by atoms with Gasteiger partial charge >= 0.3 is 0 Å². The summed E-state index contributed by atoms with van der Waals surface area (Å²) in [4.78, 5) is 0. The van der Waals surface area contributed by atoms with Gasteiger partial charge in [0.15, 0.2) is 0 Å². The maximum Gasteiger partial charge on any atom is 0.110 e. The Kier molecular flexibility index (Phi) is 2.32. The number of ether oxygens (including phenoxy) is 1. The van der Waals surface area contributed by atoms with Gasteiger partial charge in [-0.1, -0.05) is 20.3 Å². The van der Waals surface area contributed by atoms with Crippen LogP contribution in [0.1, 0.15) is 33.1 Å². The molecule has 0 aliphatic carbocycles. The van der Waals surface area contributed by atoms with Crippen LogP contribution in [0.15, 0.2) is 0 Å². The second-order valence-electron chi connectivity index (χ2n) is 2.96. The van der Waals surface area contributed by atoms with E-state index in [0.29, 0.717) is 0 Å². The fourth-order valence-electron chi connectivity index (χ4n) is 1.58. The first-order chi connectivity index (χ1) is 4.79. The van der Waals surface area contributed by atoms with Crippen molar-refractivity contribution < 1.29 is 9.84 Å². The minimum absolute atomic E-state index is 0.0590. The first-order valence-electron chi connectivity index (χ1n) is 4.07. The number of hydrogen-bond donors (Lipinski definition) is 1. The zero-order chi connectivity index (χ0) is 7.61. The van der Waals surface area contributed by atoms with Crippen LogP contribution in [0.25, 0.3) is 0 Å². The van der Waals surface area contributed by atoms with Gasteiger partial charge in [-0.2, -0.15) is 0 Å². The van der Waals surface area contributed by atoms with Crippen LogP contribution in [0.5, 0.6) is 0 Å². The highest BCUT2D eigenvalue weighted by Gasteiger charge is 2.53. The summed E-state index contributed by atoms with van der Waals surface area (Å²) in [6, 6.07) is 0. The minimum atomic E-state index is 0.0590. The van der Waals surface area contributed by atoms with Crippen molar-refractivity contribution in [1.82, 2.24) is 0 Å². The molecule has 0 bridgehead atoms. The van der Waals surface area contributed by atoms with Crippen molar-refractivity contribution >= 4 is 0 Å². The molecule has 0 aromatic rings. The molecule has 0 radical (unpaired) electrons. The summed E-state index contributed by atoms with van der Waals surface area (Å²) in [6.45, 7) is 4.45. The van der Waals surface area contributed by atoms with Gasteiger partial charge in [-0.15, -0.1) is 0 Å². The predicted molar refractivity (Wildman–Crippen MR) is 39.9 cm³/mol. The van der Waals surface area contributed by atoms with E-state index in [9.17, 15) is 0 Å². The smallest absolute Gasteiger partial charge is 0.110 e. The molecule has 60 valence electrons. The van der Waals surface area contributed by atoms with Gasteiger partial charge in [-0.3, -0.25) is 0 Å². The maximum absolute atomic E-state index is 8.77. The maximum atomic E-state index is 8.77. The van der Waals surface area contributed by atoms with E-state index in [0.717, 1.165) is 19.3 Å². The van der Waals surface area contributed by atoms with E-state index in [1.165, 1.54) is 0 Å². The third kappa shape index (κ3) is 1.18. The van der Waals surface area contributed by atoms with Crippen molar-refractivity contribution in [3.05, 3.63) is 0 Å². The second kappa shape index (κ2) is 2.89. The zero-order valence-electron chi connectivity index (χ0n) is 6.76. The molecule has 1 aliphatic heterocycles. The second-order valence-corrected chi connectivity index (χ2v) is 2.96. The molecule has 2 atom stereocenters. The van der Waals surface area contributed by atoms with Crippen LogP contribution in [-0.2, 0) is 4.74 Å². The van der Waals surface area contributed by atoms with Crippen molar-refractivity contribution in [2.75, 3.05) is 6.61 Å². The highest BCUT2D eigenvalue weighted by atomic mass is 16.6. The summed E-state index contributed by atoms with van der Waals surface area (Å²) in [5.41, 5.74) is 0.0590. The summed E-state index contributed by atoms with van der Waals surface area (Å²) < 4.78 is 5.39. The molecule has 1 N–H and O–H groups in total. The summed E-state index contributed by atoms with van der Waals surface area (Å²) in [5, 5.41) is 8.77. The lowest BCUT2D eigenvalue weighted by Crippen LogP contribution is -2.15. The lowest BCUT2D eigenvalue weighted by molar-refractivity contribution is 0.230. The molecule has 2 heteroatoms. The molecule has 1 rings (SSSR count). The van der Waals surface area contributed by atoms with Crippen LogP contribution in [0.4, 0.5) is 0 Å². The van der Waals surface area contributed by atoms with Crippen molar-refractivity contribution in [2.45, 2.75) is 44.8 Å². The Morgan fingerprint density at radius 2 is 2.20 bits per heavy atom. The Morgan fingerprint density at radius 1 is 1.50 bits per heavy atom. The average molecular weight is 144 g/mol. The standard InChI is InChI=1S/C8H16O2/c1-3-5-8(4-2)7(6-9)10-8/h7,9H,3-6H2,1-2H3. The van der Waals surface area contributed by atoms with E-state index >= 15 is 0 Å². The van der Waals surface area contributed by atoms with E-state index in [2.05, 4.69) is 13.8 Å². The van der Waals surface area contributed by atoms with Crippen LogP contribution in [-0.4, -0.2) is 23.4 Å². The molecule has 0 saturated carbocycles. The summed E-state index contributed by atoms with van der Waals surface area (Å²) in [7, 11) is 0. The molecule has 0 spiro atoms. The molecule has 0 amide bonds. The fourth-order valence-corrected chi connectivity index (χ4v) is 1.58. The van der Waals surface area contributed by atoms with Crippen LogP contribution >= 0.6 is 0 Å². The van der Waals surface area contributed by atoms with Crippen LogP contribution < -0.4 is 0 Å². The van der Waals surface area contributed by atoms with E-state index in [-0.39, 0.29) is 18.3 Å². The predicted octanol–water partition coefficient (Wildman–Crippen LogP) is 1.33. The van der Waals surface area contributed by atoms with Crippen molar-refractivity contribution in [2.24, 2.45) is 0 Å². The van der Waals surface area contributed by atoms with Gasteiger partial charge in [0.2, 0.25) is 0 Å².